The molecule has 1 aromatic carbocycles. The van der Waals surface area contributed by atoms with E-state index in [4.69, 9.17) is 0 Å². The summed E-state index contributed by atoms with van der Waals surface area (Å²) in [4.78, 5) is 0. The molecule has 0 radical (unpaired) electrons. The first-order chi connectivity index (χ1) is 8.49. The lowest BCUT2D eigenvalue weighted by atomic mass is 9.98. The van der Waals surface area contributed by atoms with E-state index in [-0.39, 0.29) is 5.75 Å². The van der Waals surface area contributed by atoms with Crippen molar-refractivity contribution in [3.8, 4) is 0 Å². The second kappa shape index (κ2) is 7.54. The Labute approximate surface area is 111 Å². The highest BCUT2D eigenvalue weighted by Crippen LogP contribution is 2.17. The van der Waals surface area contributed by atoms with Crippen LogP contribution in [0.2, 0.25) is 0 Å². The molecule has 3 nitrogen and oxygen atoms in total. The van der Waals surface area contributed by atoms with Crippen LogP contribution in [0.15, 0.2) is 30.3 Å². The maximum absolute atomic E-state index is 10.9. The van der Waals surface area contributed by atoms with Crippen LogP contribution < -0.4 is 5.32 Å². The molecule has 1 aromatic rings. The molecule has 0 saturated carbocycles. The molecule has 0 spiro atoms. The van der Waals surface area contributed by atoms with Gasteiger partial charge in [0, 0.05) is 6.26 Å². The van der Waals surface area contributed by atoms with Crippen LogP contribution in [0.3, 0.4) is 0 Å². The Balaban J connectivity index is 2.12. The van der Waals surface area contributed by atoms with Gasteiger partial charge < -0.3 is 5.32 Å². The second-order valence-electron chi connectivity index (χ2n) is 4.83. The van der Waals surface area contributed by atoms with E-state index < -0.39 is 9.84 Å². The van der Waals surface area contributed by atoms with Gasteiger partial charge in [0.2, 0.25) is 0 Å². The summed E-state index contributed by atoms with van der Waals surface area (Å²) in [5.74, 6) is 0.808. The van der Waals surface area contributed by atoms with Gasteiger partial charge >= 0.3 is 0 Å². The van der Waals surface area contributed by atoms with Crippen molar-refractivity contribution in [1.29, 1.82) is 0 Å². The smallest absolute Gasteiger partial charge is 0.147 e. The molecular weight excluding hydrogens is 246 g/mol. The Morgan fingerprint density at radius 2 is 1.83 bits per heavy atom. The van der Waals surface area contributed by atoms with Gasteiger partial charge in [0.05, 0.1) is 5.75 Å². The van der Waals surface area contributed by atoms with Gasteiger partial charge in [-0.25, -0.2) is 8.42 Å². The van der Waals surface area contributed by atoms with Crippen LogP contribution >= 0.6 is 0 Å². The van der Waals surface area contributed by atoms with Gasteiger partial charge in [-0.05, 0) is 37.4 Å². The van der Waals surface area contributed by atoms with Gasteiger partial charge in [0.15, 0.2) is 0 Å². The highest BCUT2D eigenvalue weighted by atomic mass is 32.2. The minimum Gasteiger partial charge on any atom is -0.317 e. The van der Waals surface area contributed by atoms with Gasteiger partial charge in [-0.15, -0.1) is 0 Å². The third-order valence-corrected chi connectivity index (χ3v) is 4.02. The van der Waals surface area contributed by atoms with Crippen molar-refractivity contribution in [2.75, 3.05) is 25.1 Å². The third-order valence-electron chi connectivity index (χ3n) is 2.99. The van der Waals surface area contributed by atoms with E-state index >= 15 is 0 Å². The van der Waals surface area contributed by atoms with Crippen LogP contribution in [-0.2, 0) is 9.84 Å². The van der Waals surface area contributed by atoms with Gasteiger partial charge in [0.1, 0.15) is 9.84 Å². The quantitative estimate of drug-likeness (QED) is 0.736. The van der Waals surface area contributed by atoms with E-state index in [0.29, 0.717) is 12.3 Å². The first kappa shape index (κ1) is 15.2. The second-order valence-corrected chi connectivity index (χ2v) is 7.09. The zero-order valence-corrected chi connectivity index (χ0v) is 12.0. The first-order valence-corrected chi connectivity index (χ1v) is 8.48. The molecule has 0 heterocycles. The molecule has 0 saturated heterocycles. The molecule has 0 fully saturated rings. The summed E-state index contributed by atoms with van der Waals surface area (Å²) in [7, 11) is -2.81. The molecule has 0 aliphatic carbocycles. The first-order valence-electron chi connectivity index (χ1n) is 6.42. The fourth-order valence-corrected chi connectivity index (χ4v) is 2.52. The van der Waals surface area contributed by atoms with Crippen LogP contribution in [0.1, 0.15) is 31.2 Å². The van der Waals surface area contributed by atoms with Crippen molar-refractivity contribution < 1.29 is 8.42 Å². The number of hydrogen-bond acceptors (Lipinski definition) is 3. The average Bonchev–Trinajstić information content (AvgIpc) is 2.33. The summed E-state index contributed by atoms with van der Waals surface area (Å²) in [5.41, 5.74) is 1.36. The summed E-state index contributed by atoms with van der Waals surface area (Å²) in [6.07, 6.45) is 3.05. The van der Waals surface area contributed by atoms with Crippen molar-refractivity contribution in [2.45, 2.75) is 25.7 Å². The molecule has 1 rings (SSSR count). The zero-order chi connectivity index (χ0) is 13.4. The Morgan fingerprint density at radius 1 is 1.17 bits per heavy atom. The standard InChI is InChI=1S/C14H23NO2S/c1-13(14-7-4-3-5-8-14)9-11-15-10-6-12-18(2,16)17/h3-5,7-8,13,15H,6,9-12H2,1-2H3. The molecule has 0 bridgehead atoms. The largest absolute Gasteiger partial charge is 0.317 e. The summed E-state index contributed by atoms with van der Waals surface area (Å²) in [6, 6.07) is 10.4. The van der Waals surface area contributed by atoms with Crippen LogP contribution in [0.5, 0.6) is 0 Å². The lowest BCUT2D eigenvalue weighted by Crippen LogP contribution is -2.20. The van der Waals surface area contributed by atoms with E-state index in [9.17, 15) is 8.42 Å². The number of hydrogen-bond donors (Lipinski definition) is 1. The molecule has 102 valence electrons. The Morgan fingerprint density at radius 3 is 2.44 bits per heavy atom. The molecule has 18 heavy (non-hydrogen) atoms. The Hall–Kier alpha value is -0.870. The molecule has 0 amide bonds. The molecule has 1 unspecified atom stereocenters. The summed E-state index contributed by atoms with van der Waals surface area (Å²) in [5, 5.41) is 3.29. The van der Waals surface area contributed by atoms with E-state index in [2.05, 4.69) is 36.5 Å². The minimum atomic E-state index is -2.81. The van der Waals surface area contributed by atoms with Gasteiger partial charge in [-0.3, -0.25) is 0 Å². The van der Waals surface area contributed by atoms with Crippen molar-refractivity contribution >= 4 is 9.84 Å². The molecular formula is C14H23NO2S. The molecule has 0 aliphatic rings. The fraction of sp³-hybridized carbons (Fsp3) is 0.571. The van der Waals surface area contributed by atoms with Gasteiger partial charge in [0.25, 0.3) is 0 Å². The molecule has 0 aliphatic heterocycles. The Bertz CT molecular complexity index is 428. The average molecular weight is 269 g/mol. The van der Waals surface area contributed by atoms with Crippen molar-refractivity contribution in [3.05, 3.63) is 35.9 Å². The molecule has 1 atom stereocenters. The lowest BCUT2D eigenvalue weighted by Gasteiger charge is -2.12. The van der Waals surface area contributed by atoms with Crippen LogP contribution in [0.4, 0.5) is 0 Å². The number of rotatable bonds is 8. The van der Waals surface area contributed by atoms with E-state index in [1.165, 1.54) is 11.8 Å². The molecule has 0 aromatic heterocycles. The van der Waals surface area contributed by atoms with Crippen molar-refractivity contribution in [2.24, 2.45) is 0 Å². The summed E-state index contributed by atoms with van der Waals surface area (Å²) < 4.78 is 21.9. The predicted octanol–water partition coefficient (Wildman–Crippen LogP) is 2.20. The number of nitrogens with one attached hydrogen (secondary N) is 1. The normalized spacial score (nSPS) is 13.4. The molecule has 1 N–H and O–H groups in total. The lowest BCUT2D eigenvalue weighted by molar-refractivity contribution is 0.578. The highest BCUT2D eigenvalue weighted by molar-refractivity contribution is 7.90. The predicted molar refractivity (Wildman–Crippen MR) is 76.7 cm³/mol. The topological polar surface area (TPSA) is 46.2 Å². The van der Waals surface area contributed by atoms with E-state index in [1.54, 1.807) is 0 Å². The van der Waals surface area contributed by atoms with Crippen LogP contribution in [0.25, 0.3) is 0 Å². The van der Waals surface area contributed by atoms with Crippen LogP contribution in [0, 0.1) is 0 Å². The van der Waals surface area contributed by atoms with Gasteiger partial charge in [-0.2, -0.15) is 0 Å². The Kier molecular flexibility index (Phi) is 6.36. The highest BCUT2D eigenvalue weighted by Gasteiger charge is 2.04. The fourth-order valence-electron chi connectivity index (χ4n) is 1.85. The van der Waals surface area contributed by atoms with Crippen LogP contribution in [-0.4, -0.2) is 33.5 Å². The monoisotopic (exact) mass is 269 g/mol. The SMILES string of the molecule is CC(CCNCCCS(C)(=O)=O)c1ccccc1. The van der Waals surface area contributed by atoms with E-state index in [0.717, 1.165) is 19.5 Å². The third kappa shape index (κ3) is 6.77. The molecule has 4 heteroatoms. The number of sulfone groups is 1. The van der Waals surface area contributed by atoms with Crippen molar-refractivity contribution in [1.82, 2.24) is 5.32 Å². The van der Waals surface area contributed by atoms with Crippen molar-refractivity contribution in [3.63, 3.8) is 0 Å². The van der Waals surface area contributed by atoms with E-state index in [1.807, 2.05) is 6.07 Å². The number of benzene rings is 1. The maximum atomic E-state index is 10.9. The minimum absolute atomic E-state index is 0.272. The summed E-state index contributed by atoms with van der Waals surface area (Å²) >= 11 is 0. The summed E-state index contributed by atoms with van der Waals surface area (Å²) in [6.45, 7) is 3.92. The maximum Gasteiger partial charge on any atom is 0.147 e. The zero-order valence-electron chi connectivity index (χ0n) is 11.2. The van der Waals surface area contributed by atoms with Gasteiger partial charge in [-0.1, -0.05) is 37.3 Å².